The van der Waals surface area contributed by atoms with Gasteiger partial charge in [0.2, 0.25) is 0 Å². The first-order chi connectivity index (χ1) is 8.97. The molecule has 0 radical (unpaired) electrons. The second-order valence-electron chi connectivity index (χ2n) is 5.01. The molecule has 19 heavy (non-hydrogen) atoms. The monoisotopic (exact) mass is 302 g/mol. The minimum Gasteiger partial charge on any atom is -0.383 e. The number of nitrogens with one attached hydrogen (secondary N) is 2. The fraction of sp³-hybridized carbons (Fsp3) is 0.538. The summed E-state index contributed by atoms with van der Waals surface area (Å²) in [4.78, 5) is 0.293. The lowest BCUT2D eigenvalue weighted by molar-refractivity contribution is 0.393. The molecule has 4 nitrogen and oxygen atoms in total. The van der Waals surface area contributed by atoms with E-state index in [0.29, 0.717) is 21.5 Å². The Morgan fingerprint density at radius 3 is 2.89 bits per heavy atom. The van der Waals surface area contributed by atoms with Crippen molar-refractivity contribution in [3.05, 3.63) is 23.2 Å². The van der Waals surface area contributed by atoms with Crippen LogP contribution < -0.4 is 10.6 Å². The summed E-state index contributed by atoms with van der Waals surface area (Å²) in [6.07, 6.45) is 3.57. The van der Waals surface area contributed by atoms with Crippen LogP contribution in [0.4, 0.5) is 5.69 Å². The van der Waals surface area contributed by atoms with Crippen molar-refractivity contribution < 1.29 is 8.42 Å². The Hall–Kier alpha value is -0.780. The summed E-state index contributed by atoms with van der Waals surface area (Å²) in [6.45, 7) is 2.89. The van der Waals surface area contributed by atoms with E-state index in [2.05, 4.69) is 10.6 Å². The van der Waals surface area contributed by atoms with Gasteiger partial charge in [0, 0.05) is 12.8 Å². The van der Waals surface area contributed by atoms with Gasteiger partial charge in [-0.25, -0.2) is 8.42 Å². The predicted molar refractivity (Wildman–Crippen MR) is 78.6 cm³/mol. The van der Waals surface area contributed by atoms with E-state index in [1.807, 2.05) is 0 Å². The summed E-state index contributed by atoms with van der Waals surface area (Å²) < 4.78 is 23.0. The van der Waals surface area contributed by atoms with Crippen LogP contribution in [-0.4, -0.2) is 34.3 Å². The fourth-order valence-electron chi connectivity index (χ4n) is 2.22. The molecule has 1 atom stereocenters. The SMILES string of the molecule is CS(=O)(=O)c1ccc(Cl)c(NCC2CCCNC2)c1. The average Bonchev–Trinajstić information content (AvgIpc) is 2.37. The molecule has 1 aromatic rings. The van der Waals surface area contributed by atoms with Crippen molar-refractivity contribution in [2.24, 2.45) is 5.92 Å². The minimum absolute atomic E-state index is 0.293. The van der Waals surface area contributed by atoms with Crippen LogP contribution in [0.2, 0.25) is 5.02 Å². The number of hydrogen-bond donors (Lipinski definition) is 2. The minimum atomic E-state index is -3.20. The summed E-state index contributed by atoms with van der Waals surface area (Å²) in [7, 11) is -3.20. The van der Waals surface area contributed by atoms with Gasteiger partial charge in [0.15, 0.2) is 9.84 Å². The second kappa shape index (κ2) is 6.11. The van der Waals surface area contributed by atoms with Crippen molar-refractivity contribution in [1.82, 2.24) is 5.32 Å². The van der Waals surface area contributed by atoms with Crippen LogP contribution >= 0.6 is 11.6 Å². The van der Waals surface area contributed by atoms with Crippen LogP contribution in [0.3, 0.4) is 0 Å². The largest absolute Gasteiger partial charge is 0.383 e. The Morgan fingerprint density at radius 2 is 2.26 bits per heavy atom. The molecule has 1 aliphatic heterocycles. The molecular weight excluding hydrogens is 284 g/mol. The zero-order valence-corrected chi connectivity index (χ0v) is 12.5. The molecular formula is C13H19ClN2O2S. The highest BCUT2D eigenvalue weighted by Crippen LogP contribution is 2.25. The second-order valence-corrected chi connectivity index (χ2v) is 7.43. The Morgan fingerprint density at radius 1 is 1.47 bits per heavy atom. The first-order valence-corrected chi connectivity index (χ1v) is 8.68. The van der Waals surface area contributed by atoms with Gasteiger partial charge in [0.05, 0.1) is 15.6 Å². The lowest BCUT2D eigenvalue weighted by Gasteiger charge is -2.23. The molecule has 1 saturated heterocycles. The molecule has 106 valence electrons. The maximum absolute atomic E-state index is 11.5. The number of rotatable bonds is 4. The Labute approximate surface area is 119 Å². The van der Waals surface area contributed by atoms with E-state index in [4.69, 9.17) is 11.6 Å². The molecule has 0 aliphatic carbocycles. The van der Waals surface area contributed by atoms with E-state index in [1.165, 1.54) is 25.2 Å². The molecule has 1 heterocycles. The van der Waals surface area contributed by atoms with Gasteiger partial charge in [0.1, 0.15) is 0 Å². The zero-order valence-electron chi connectivity index (χ0n) is 10.9. The van der Waals surface area contributed by atoms with Crippen molar-refractivity contribution in [2.75, 3.05) is 31.2 Å². The third kappa shape index (κ3) is 4.09. The van der Waals surface area contributed by atoms with E-state index in [1.54, 1.807) is 12.1 Å². The smallest absolute Gasteiger partial charge is 0.175 e. The molecule has 2 N–H and O–H groups in total. The zero-order chi connectivity index (χ0) is 13.9. The van der Waals surface area contributed by atoms with E-state index in [9.17, 15) is 8.42 Å². The van der Waals surface area contributed by atoms with Gasteiger partial charge >= 0.3 is 0 Å². The highest BCUT2D eigenvalue weighted by Gasteiger charge is 2.14. The Balaban J connectivity index is 2.06. The average molecular weight is 303 g/mol. The van der Waals surface area contributed by atoms with Crippen molar-refractivity contribution in [2.45, 2.75) is 17.7 Å². The molecule has 1 fully saturated rings. The van der Waals surface area contributed by atoms with Gasteiger partial charge in [-0.3, -0.25) is 0 Å². The standard InChI is InChI=1S/C13H19ClN2O2S/c1-19(17,18)11-4-5-12(14)13(7-11)16-9-10-3-2-6-15-8-10/h4-5,7,10,15-16H,2-3,6,8-9H2,1H3. The maximum atomic E-state index is 11.5. The topological polar surface area (TPSA) is 58.2 Å². The van der Waals surface area contributed by atoms with E-state index >= 15 is 0 Å². The molecule has 6 heteroatoms. The van der Waals surface area contributed by atoms with Gasteiger partial charge in [0.25, 0.3) is 0 Å². The summed E-state index contributed by atoms with van der Waals surface area (Å²) in [5, 5.41) is 7.16. The summed E-state index contributed by atoms with van der Waals surface area (Å²) in [5.41, 5.74) is 0.690. The molecule has 0 aromatic heterocycles. The molecule has 1 aliphatic rings. The number of hydrogen-bond acceptors (Lipinski definition) is 4. The van der Waals surface area contributed by atoms with Gasteiger partial charge in [-0.15, -0.1) is 0 Å². The Kier molecular flexibility index (Phi) is 4.71. The quantitative estimate of drug-likeness (QED) is 0.895. The highest BCUT2D eigenvalue weighted by atomic mass is 35.5. The summed E-state index contributed by atoms with van der Waals surface area (Å²) >= 11 is 6.09. The first-order valence-electron chi connectivity index (χ1n) is 6.41. The third-order valence-electron chi connectivity index (χ3n) is 3.35. The first kappa shape index (κ1) is 14.6. The van der Waals surface area contributed by atoms with Gasteiger partial charge in [-0.1, -0.05) is 11.6 Å². The van der Waals surface area contributed by atoms with Gasteiger partial charge in [-0.2, -0.15) is 0 Å². The lowest BCUT2D eigenvalue weighted by Crippen LogP contribution is -2.33. The van der Waals surface area contributed by atoms with Crippen LogP contribution in [0.25, 0.3) is 0 Å². The number of piperidine rings is 1. The number of sulfone groups is 1. The van der Waals surface area contributed by atoms with E-state index in [0.717, 1.165) is 19.6 Å². The van der Waals surface area contributed by atoms with Gasteiger partial charge in [-0.05, 0) is 50.0 Å². The number of anilines is 1. The summed E-state index contributed by atoms with van der Waals surface area (Å²) in [5.74, 6) is 0.562. The van der Waals surface area contributed by atoms with Crippen molar-refractivity contribution in [1.29, 1.82) is 0 Å². The molecule has 0 spiro atoms. The van der Waals surface area contributed by atoms with Crippen molar-refractivity contribution in [3.8, 4) is 0 Å². The van der Waals surface area contributed by atoms with Crippen LogP contribution in [0.15, 0.2) is 23.1 Å². The van der Waals surface area contributed by atoms with Crippen LogP contribution in [0.1, 0.15) is 12.8 Å². The van der Waals surface area contributed by atoms with Crippen molar-refractivity contribution in [3.63, 3.8) is 0 Å². The van der Waals surface area contributed by atoms with Crippen LogP contribution in [0.5, 0.6) is 0 Å². The normalized spacial score (nSPS) is 20.2. The molecule has 0 saturated carbocycles. The van der Waals surface area contributed by atoms with E-state index in [-0.39, 0.29) is 0 Å². The Bertz CT molecular complexity index is 540. The number of benzene rings is 1. The highest BCUT2D eigenvalue weighted by molar-refractivity contribution is 7.90. The molecule has 0 bridgehead atoms. The number of halogens is 1. The fourth-order valence-corrected chi connectivity index (χ4v) is 3.05. The van der Waals surface area contributed by atoms with Crippen LogP contribution in [-0.2, 0) is 9.84 Å². The molecule has 0 amide bonds. The third-order valence-corrected chi connectivity index (χ3v) is 4.79. The molecule has 1 unspecified atom stereocenters. The molecule has 1 aromatic carbocycles. The molecule has 2 rings (SSSR count). The van der Waals surface area contributed by atoms with Gasteiger partial charge < -0.3 is 10.6 Å². The predicted octanol–water partition coefficient (Wildman–Crippen LogP) is 2.16. The van der Waals surface area contributed by atoms with Crippen LogP contribution in [0, 0.1) is 5.92 Å². The summed E-state index contributed by atoms with van der Waals surface area (Å²) in [6, 6.07) is 4.76. The lowest BCUT2D eigenvalue weighted by atomic mass is 10.00. The maximum Gasteiger partial charge on any atom is 0.175 e. The van der Waals surface area contributed by atoms with Crippen molar-refractivity contribution >= 4 is 27.1 Å². The van der Waals surface area contributed by atoms with E-state index < -0.39 is 9.84 Å².